The maximum absolute atomic E-state index is 12.3. The van der Waals surface area contributed by atoms with Gasteiger partial charge in [0.25, 0.3) is 0 Å². The van der Waals surface area contributed by atoms with Gasteiger partial charge in [-0.3, -0.25) is 4.79 Å². The second-order valence-electron chi connectivity index (χ2n) is 5.70. The fraction of sp³-hybridized carbons (Fsp3) is 0.500. The van der Waals surface area contributed by atoms with Crippen molar-refractivity contribution in [3.05, 3.63) is 23.2 Å². The third-order valence-corrected chi connectivity index (χ3v) is 6.39. The zero-order chi connectivity index (χ0) is 15.5. The number of carbonyl (C=O) groups excluding carboxylic acids is 1. The molecule has 2 aromatic rings. The van der Waals surface area contributed by atoms with Crippen LogP contribution in [0, 0.1) is 0 Å². The second-order valence-corrected chi connectivity index (χ2v) is 8.75. The quantitative estimate of drug-likeness (QED) is 0.795. The Morgan fingerprint density at radius 3 is 2.95 bits per heavy atom. The first-order valence-electron chi connectivity index (χ1n) is 7.65. The number of halogens is 1. The van der Waals surface area contributed by atoms with Crippen LogP contribution in [0.3, 0.4) is 0 Å². The molecule has 0 unspecified atom stereocenters. The van der Waals surface area contributed by atoms with Crippen molar-refractivity contribution in [2.45, 2.75) is 54.7 Å². The maximum Gasteiger partial charge on any atom is 0.233 e. The molecule has 6 heteroatoms. The molecule has 1 aromatic heterocycles. The van der Waals surface area contributed by atoms with Crippen LogP contribution in [0.15, 0.2) is 22.5 Å². The highest BCUT2D eigenvalue weighted by Gasteiger charge is 2.21. The van der Waals surface area contributed by atoms with Gasteiger partial charge in [-0.25, -0.2) is 4.98 Å². The Hall–Kier alpha value is -0.780. The topological polar surface area (TPSA) is 42.0 Å². The summed E-state index contributed by atoms with van der Waals surface area (Å²) in [4.78, 5) is 16.9. The van der Waals surface area contributed by atoms with Crippen LogP contribution >= 0.6 is 34.7 Å². The third-order valence-electron chi connectivity index (χ3n) is 3.93. The molecule has 1 aromatic carbocycles. The first kappa shape index (κ1) is 16.1. The fourth-order valence-electron chi connectivity index (χ4n) is 2.70. The highest BCUT2D eigenvalue weighted by Crippen LogP contribution is 2.33. The van der Waals surface area contributed by atoms with Gasteiger partial charge in [-0.2, -0.15) is 0 Å². The predicted molar refractivity (Wildman–Crippen MR) is 95.0 cm³/mol. The normalized spacial score (nSPS) is 17.5. The summed E-state index contributed by atoms with van der Waals surface area (Å²) in [6.07, 6.45) is 5.98. The SMILES string of the molecule is C[C@H](Sc1nc2cc(Cl)ccc2s1)C(=O)NC1CCCCC1. The summed E-state index contributed by atoms with van der Waals surface area (Å²) in [5.74, 6) is 0.120. The maximum atomic E-state index is 12.3. The third kappa shape index (κ3) is 3.94. The van der Waals surface area contributed by atoms with Gasteiger partial charge in [-0.15, -0.1) is 11.3 Å². The number of fused-ring (bicyclic) bond motifs is 1. The van der Waals surface area contributed by atoms with E-state index in [1.807, 2.05) is 25.1 Å². The number of nitrogens with zero attached hydrogens (tertiary/aromatic N) is 1. The lowest BCUT2D eigenvalue weighted by molar-refractivity contribution is -0.121. The van der Waals surface area contributed by atoms with Gasteiger partial charge in [0.15, 0.2) is 4.34 Å². The molecule has 0 spiro atoms. The Labute approximate surface area is 143 Å². The van der Waals surface area contributed by atoms with E-state index in [-0.39, 0.29) is 11.2 Å². The van der Waals surface area contributed by atoms with Crippen LogP contribution in [0.2, 0.25) is 5.02 Å². The van der Waals surface area contributed by atoms with E-state index in [1.54, 1.807) is 11.3 Å². The van der Waals surface area contributed by atoms with Crippen molar-refractivity contribution in [1.29, 1.82) is 0 Å². The van der Waals surface area contributed by atoms with Crippen molar-refractivity contribution in [1.82, 2.24) is 10.3 Å². The molecule has 0 aliphatic heterocycles. The molecule has 0 radical (unpaired) electrons. The molecule has 1 aliphatic carbocycles. The minimum atomic E-state index is -0.127. The van der Waals surface area contributed by atoms with Gasteiger partial charge in [0.05, 0.1) is 15.5 Å². The number of amides is 1. The van der Waals surface area contributed by atoms with Crippen molar-refractivity contribution in [3.8, 4) is 0 Å². The smallest absolute Gasteiger partial charge is 0.233 e. The number of hydrogen-bond donors (Lipinski definition) is 1. The molecule has 118 valence electrons. The number of nitrogens with one attached hydrogen (secondary N) is 1. The first-order chi connectivity index (χ1) is 10.6. The fourth-order valence-corrected chi connectivity index (χ4v) is 5.07. The van der Waals surface area contributed by atoms with E-state index in [1.165, 1.54) is 31.0 Å². The van der Waals surface area contributed by atoms with Gasteiger partial charge < -0.3 is 5.32 Å². The van der Waals surface area contributed by atoms with Crippen molar-refractivity contribution in [3.63, 3.8) is 0 Å². The molecule has 1 aliphatic rings. The van der Waals surface area contributed by atoms with E-state index >= 15 is 0 Å². The summed E-state index contributed by atoms with van der Waals surface area (Å²) in [7, 11) is 0. The second kappa shape index (κ2) is 7.20. The van der Waals surface area contributed by atoms with E-state index in [0.29, 0.717) is 11.1 Å². The molecule has 3 rings (SSSR count). The zero-order valence-corrected chi connectivity index (χ0v) is 14.9. The highest BCUT2D eigenvalue weighted by atomic mass is 35.5. The van der Waals surface area contributed by atoms with Crippen LogP contribution in [0.4, 0.5) is 0 Å². The van der Waals surface area contributed by atoms with Crippen LogP contribution in [0.5, 0.6) is 0 Å². The van der Waals surface area contributed by atoms with Gasteiger partial charge in [0.2, 0.25) is 5.91 Å². The number of thioether (sulfide) groups is 1. The van der Waals surface area contributed by atoms with Gasteiger partial charge in [-0.1, -0.05) is 42.6 Å². The molecule has 0 bridgehead atoms. The van der Waals surface area contributed by atoms with E-state index in [9.17, 15) is 4.79 Å². The van der Waals surface area contributed by atoms with Gasteiger partial charge >= 0.3 is 0 Å². The molecule has 22 heavy (non-hydrogen) atoms. The van der Waals surface area contributed by atoms with Crippen LogP contribution in [-0.4, -0.2) is 22.2 Å². The van der Waals surface area contributed by atoms with Crippen LogP contribution in [-0.2, 0) is 4.79 Å². The molecule has 1 N–H and O–H groups in total. The minimum absolute atomic E-state index is 0.120. The summed E-state index contributed by atoms with van der Waals surface area (Å²) in [5, 5.41) is 3.74. The van der Waals surface area contributed by atoms with Crippen LogP contribution in [0.25, 0.3) is 10.2 Å². The van der Waals surface area contributed by atoms with Crippen molar-refractivity contribution < 1.29 is 4.79 Å². The summed E-state index contributed by atoms with van der Waals surface area (Å²) in [6.45, 7) is 1.95. The predicted octanol–water partition coefficient (Wildman–Crippen LogP) is 4.88. The summed E-state index contributed by atoms with van der Waals surface area (Å²) in [6, 6.07) is 6.07. The summed E-state index contributed by atoms with van der Waals surface area (Å²) >= 11 is 9.12. The Bertz CT molecular complexity index is 667. The largest absolute Gasteiger partial charge is 0.352 e. The standard InChI is InChI=1S/C16H19ClN2OS2/c1-10(15(20)18-12-5-3-2-4-6-12)21-16-19-13-9-11(17)7-8-14(13)22-16/h7-10,12H,2-6H2,1H3,(H,18,20)/t10-/m0/s1. The minimum Gasteiger partial charge on any atom is -0.352 e. The lowest BCUT2D eigenvalue weighted by atomic mass is 9.95. The Morgan fingerprint density at radius 1 is 1.41 bits per heavy atom. The van der Waals surface area contributed by atoms with Crippen LogP contribution < -0.4 is 5.32 Å². The number of hydrogen-bond acceptors (Lipinski definition) is 4. The van der Waals surface area contributed by atoms with E-state index in [2.05, 4.69) is 10.3 Å². The number of rotatable bonds is 4. The Balaban J connectivity index is 1.61. The molecule has 1 amide bonds. The van der Waals surface area contributed by atoms with Crippen molar-refractivity contribution in [2.24, 2.45) is 0 Å². The van der Waals surface area contributed by atoms with E-state index < -0.39 is 0 Å². The highest BCUT2D eigenvalue weighted by molar-refractivity contribution is 8.02. The number of carbonyl (C=O) groups is 1. The van der Waals surface area contributed by atoms with Crippen molar-refractivity contribution >= 4 is 50.8 Å². The molecule has 1 saturated carbocycles. The number of thiazole rings is 1. The Kier molecular flexibility index (Phi) is 5.26. The number of aromatic nitrogens is 1. The first-order valence-corrected chi connectivity index (χ1v) is 9.72. The molecular weight excluding hydrogens is 336 g/mol. The molecule has 0 saturated heterocycles. The van der Waals surface area contributed by atoms with Crippen LogP contribution in [0.1, 0.15) is 39.0 Å². The number of benzene rings is 1. The molecule has 1 atom stereocenters. The summed E-state index contributed by atoms with van der Waals surface area (Å²) < 4.78 is 2.02. The van der Waals surface area contributed by atoms with Gasteiger partial charge in [0, 0.05) is 11.1 Å². The van der Waals surface area contributed by atoms with E-state index in [0.717, 1.165) is 27.4 Å². The average molecular weight is 355 g/mol. The van der Waals surface area contributed by atoms with E-state index in [4.69, 9.17) is 11.6 Å². The lowest BCUT2D eigenvalue weighted by Gasteiger charge is -2.24. The zero-order valence-electron chi connectivity index (χ0n) is 12.5. The molecular formula is C16H19ClN2OS2. The molecule has 3 nitrogen and oxygen atoms in total. The van der Waals surface area contributed by atoms with Crippen molar-refractivity contribution in [2.75, 3.05) is 0 Å². The molecule has 1 fully saturated rings. The lowest BCUT2D eigenvalue weighted by Crippen LogP contribution is -2.40. The van der Waals surface area contributed by atoms with Gasteiger partial charge in [0.1, 0.15) is 0 Å². The monoisotopic (exact) mass is 354 g/mol. The van der Waals surface area contributed by atoms with Gasteiger partial charge in [-0.05, 0) is 38.0 Å². The average Bonchev–Trinajstić information content (AvgIpc) is 2.89. The Morgan fingerprint density at radius 2 is 2.18 bits per heavy atom. The molecule has 1 heterocycles. The summed E-state index contributed by atoms with van der Waals surface area (Å²) in [5.41, 5.74) is 0.903.